The summed E-state index contributed by atoms with van der Waals surface area (Å²) in [5, 5.41) is 8.56. The molecule has 0 radical (unpaired) electrons. The van der Waals surface area contributed by atoms with Crippen molar-refractivity contribution in [2.75, 3.05) is 23.0 Å². The fourth-order valence-corrected chi connectivity index (χ4v) is 6.07. The van der Waals surface area contributed by atoms with E-state index in [2.05, 4.69) is 15.2 Å². The average Bonchev–Trinajstić information content (AvgIpc) is 3.29. The van der Waals surface area contributed by atoms with Gasteiger partial charge in [-0.3, -0.25) is 19.1 Å². The molecule has 13 heteroatoms. The number of anilines is 1. The number of aromatic nitrogens is 5. The van der Waals surface area contributed by atoms with Crippen molar-refractivity contribution in [1.82, 2.24) is 24.3 Å². The van der Waals surface area contributed by atoms with Crippen molar-refractivity contribution in [3.8, 4) is 0 Å². The summed E-state index contributed by atoms with van der Waals surface area (Å²) in [6.45, 7) is 0. The Bertz CT molecular complexity index is 1210. The molecule has 0 amide bonds. The highest BCUT2D eigenvalue weighted by Crippen LogP contribution is 2.35. The number of nitrogen functional groups attached to an aromatic ring is 1. The number of nitrogens with zero attached hydrogens (tertiary/aromatic N) is 4. The first-order chi connectivity index (χ1) is 13.7. The molecule has 0 bridgehead atoms. The Hall–Kier alpha value is -2.41. The Morgan fingerprint density at radius 1 is 1.28 bits per heavy atom. The van der Waals surface area contributed by atoms with Gasteiger partial charge in [-0.1, -0.05) is 11.8 Å². The number of Topliss-reactive ketones (excluding diaryl/α,β-unsaturated/α-hetero) is 1. The third-order valence-corrected chi connectivity index (χ3v) is 7.96. The minimum Gasteiger partial charge on any atom is -0.384 e. The maximum absolute atomic E-state index is 12.7. The van der Waals surface area contributed by atoms with E-state index in [0.29, 0.717) is 17.4 Å². The van der Waals surface area contributed by atoms with Crippen LogP contribution in [0.2, 0.25) is 0 Å². The van der Waals surface area contributed by atoms with Gasteiger partial charge in [0.1, 0.15) is 17.2 Å². The van der Waals surface area contributed by atoms with Crippen LogP contribution in [0.15, 0.2) is 14.7 Å². The summed E-state index contributed by atoms with van der Waals surface area (Å²) in [5.74, 6) is -0.242. The third-order valence-electron chi connectivity index (χ3n) is 5.17. The number of carbonyl (C=O) groups excluding carboxylic acids is 1. The molecule has 2 fully saturated rings. The number of H-pyrrole nitrogens is 1. The molecule has 1 aliphatic carbocycles. The first-order valence-corrected chi connectivity index (χ1v) is 11.9. The molecule has 3 heterocycles. The van der Waals surface area contributed by atoms with Crippen LogP contribution < -0.4 is 17.0 Å². The maximum Gasteiger partial charge on any atom is 0.330 e. The highest BCUT2D eigenvalue weighted by molar-refractivity contribution is 7.99. The molecule has 3 N–H and O–H groups in total. The van der Waals surface area contributed by atoms with Gasteiger partial charge in [0.15, 0.2) is 20.8 Å². The van der Waals surface area contributed by atoms with Crippen molar-refractivity contribution in [3.63, 3.8) is 0 Å². The van der Waals surface area contributed by atoms with E-state index in [-0.39, 0.29) is 40.6 Å². The van der Waals surface area contributed by atoms with Crippen LogP contribution in [0.25, 0.3) is 0 Å². The predicted octanol–water partition coefficient (Wildman–Crippen LogP) is -0.541. The minimum atomic E-state index is -3.05. The van der Waals surface area contributed by atoms with Crippen LogP contribution in [0.4, 0.5) is 5.82 Å². The number of sulfone groups is 1. The smallest absolute Gasteiger partial charge is 0.330 e. The monoisotopic (exact) mass is 440 g/mol. The van der Waals surface area contributed by atoms with Crippen LogP contribution in [-0.4, -0.2) is 55.8 Å². The van der Waals surface area contributed by atoms with Crippen LogP contribution in [0.1, 0.15) is 47.4 Å². The summed E-state index contributed by atoms with van der Waals surface area (Å²) in [4.78, 5) is 38.9. The van der Waals surface area contributed by atoms with Crippen molar-refractivity contribution < 1.29 is 13.2 Å². The number of ketones is 1. The molecule has 2 aromatic rings. The molecule has 0 unspecified atom stereocenters. The van der Waals surface area contributed by atoms with Crippen LogP contribution in [-0.2, 0) is 16.9 Å². The molecule has 1 saturated carbocycles. The molecular weight excluding hydrogens is 420 g/mol. The molecule has 1 aliphatic heterocycles. The Balaban J connectivity index is 1.52. The number of aromatic amines is 1. The van der Waals surface area contributed by atoms with E-state index in [0.717, 1.165) is 24.6 Å². The van der Waals surface area contributed by atoms with E-state index in [1.54, 1.807) is 11.6 Å². The summed E-state index contributed by atoms with van der Waals surface area (Å²) in [6, 6.07) is -0.0810. The van der Waals surface area contributed by atoms with Gasteiger partial charge in [0, 0.05) is 19.0 Å². The number of carbonyl (C=O) groups is 1. The number of thioether (sulfide) groups is 1. The van der Waals surface area contributed by atoms with Gasteiger partial charge in [-0.25, -0.2) is 13.2 Å². The minimum absolute atomic E-state index is 0.0389. The van der Waals surface area contributed by atoms with Gasteiger partial charge >= 0.3 is 5.69 Å². The van der Waals surface area contributed by atoms with E-state index >= 15 is 0 Å². The fourth-order valence-electron chi connectivity index (χ4n) is 3.54. The van der Waals surface area contributed by atoms with Gasteiger partial charge < -0.3 is 10.3 Å². The van der Waals surface area contributed by atoms with Gasteiger partial charge in [-0.05, 0) is 19.3 Å². The van der Waals surface area contributed by atoms with Crippen LogP contribution in [0.3, 0.4) is 0 Å². The number of nitrogens with two attached hydrogens (primary N) is 1. The molecule has 0 spiro atoms. The zero-order valence-corrected chi connectivity index (χ0v) is 17.3. The molecule has 156 valence electrons. The third kappa shape index (κ3) is 3.75. The van der Waals surface area contributed by atoms with E-state index in [1.807, 2.05) is 0 Å². The van der Waals surface area contributed by atoms with Crippen molar-refractivity contribution >= 4 is 33.2 Å². The molecule has 1 atom stereocenters. The quantitative estimate of drug-likeness (QED) is 0.443. The predicted molar refractivity (Wildman–Crippen MR) is 106 cm³/mol. The number of rotatable bonds is 6. The van der Waals surface area contributed by atoms with Crippen molar-refractivity contribution in [3.05, 3.63) is 32.2 Å². The first kappa shape index (κ1) is 19.9. The van der Waals surface area contributed by atoms with E-state index in [9.17, 15) is 22.8 Å². The summed E-state index contributed by atoms with van der Waals surface area (Å²) in [6.07, 6.45) is 2.04. The Labute approximate surface area is 169 Å². The number of nitrogens with one attached hydrogen (secondary N) is 1. The van der Waals surface area contributed by atoms with Crippen LogP contribution in [0.5, 0.6) is 0 Å². The zero-order chi connectivity index (χ0) is 20.9. The van der Waals surface area contributed by atoms with E-state index in [4.69, 9.17) is 5.73 Å². The Morgan fingerprint density at radius 2 is 2.00 bits per heavy atom. The summed E-state index contributed by atoms with van der Waals surface area (Å²) in [5.41, 5.74) is 4.32. The SMILES string of the molecule is Cn1c(SCC(=O)c2c(N)n(C3CC3)c(=O)[nH]c2=O)nnc1[C@H]1CCS(=O)(=O)C1. The molecule has 2 aliphatic rings. The van der Waals surface area contributed by atoms with Gasteiger partial charge in [0.25, 0.3) is 5.56 Å². The molecule has 4 rings (SSSR count). The molecule has 11 nitrogen and oxygen atoms in total. The summed E-state index contributed by atoms with van der Waals surface area (Å²) < 4.78 is 26.3. The van der Waals surface area contributed by atoms with E-state index in [1.165, 1.54) is 4.57 Å². The highest BCUT2D eigenvalue weighted by Gasteiger charge is 2.33. The maximum atomic E-state index is 12.7. The topological polar surface area (TPSA) is 163 Å². The van der Waals surface area contributed by atoms with Gasteiger partial charge in [0.2, 0.25) is 0 Å². The van der Waals surface area contributed by atoms with Gasteiger partial charge in [-0.2, -0.15) is 0 Å². The van der Waals surface area contributed by atoms with Crippen molar-refractivity contribution in [1.29, 1.82) is 0 Å². The lowest BCUT2D eigenvalue weighted by atomic mass is 10.1. The Kier molecular flexibility index (Phi) is 4.89. The zero-order valence-electron chi connectivity index (χ0n) is 15.6. The summed E-state index contributed by atoms with van der Waals surface area (Å²) >= 11 is 1.08. The second-order valence-corrected chi connectivity index (χ2v) is 10.5. The summed E-state index contributed by atoms with van der Waals surface area (Å²) in [7, 11) is -1.34. The fraction of sp³-hybridized carbons (Fsp3) is 0.562. The van der Waals surface area contributed by atoms with Crippen molar-refractivity contribution in [2.45, 2.75) is 36.4 Å². The number of hydrogen-bond acceptors (Lipinski definition) is 9. The van der Waals surface area contributed by atoms with Crippen LogP contribution >= 0.6 is 11.8 Å². The second kappa shape index (κ2) is 7.13. The lowest BCUT2D eigenvalue weighted by molar-refractivity contribution is 0.102. The average molecular weight is 441 g/mol. The standard InChI is InChI=1S/C16H20N6O5S2/c1-21-13(8-4-5-29(26,27)7-8)19-20-16(21)28-6-10(23)11-12(17)22(9-2-3-9)15(25)18-14(11)24/h8-9H,2-7,17H2,1H3,(H,18,24,25)/t8-/m0/s1. The largest absolute Gasteiger partial charge is 0.384 e. The van der Waals surface area contributed by atoms with E-state index < -0.39 is 26.9 Å². The molecule has 0 aromatic carbocycles. The molecular formula is C16H20N6O5S2. The van der Waals surface area contributed by atoms with Gasteiger partial charge in [-0.15, -0.1) is 10.2 Å². The molecule has 29 heavy (non-hydrogen) atoms. The molecule has 2 aromatic heterocycles. The first-order valence-electron chi connectivity index (χ1n) is 9.08. The Morgan fingerprint density at radius 3 is 2.62 bits per heavy atom. The second-order valence-electron chi connectivity index (χ2n) is 7.33. The normalized spacial score (nSPS) is 20.8. The lowest BCUT2D eigenvalue weighted by Gasteiger charge is -2.11. The van der Waals surface area contributed by atoms with Crippen LogP contribution in [0, 0.1) is 0 Å². The highest BCUT2D eigenvalue weighted by atomic mass is 32.2. The number of hydrogen-bond donors (Lipinski definition) is 2. The van der Waals surface area contributed by atoms with Gasteiger partial charge in [0.05, 0.1) is 17.3 Å². The lowest BCUT2D eigenvalue weighted by Crippen LogP contribution is -2.36. The molecule has 1 saturated heterocycles. The van der Waals surface area contributed by atoms with Crippen molar-refractivity contribution in [2.24, 2.45) is 7.05 Å².